The molecule has 0 aliphatic rings. The summed E-state index contributed by atoms with van der Waals surface area (Å²) in [6.07, 6.45) is 0.485. The van der Waals surface area contributed by atoms with E-state index in [9.17, 15) is 5.11 Å². The van der Waals surface area contributed by atoms with E-state index < -0.39 is 0 Å². The third-order valence-corrected chi connectivity index (χ3v) is 1.81. The molecule has 0 radical (unpaired) electrons. The lowest BCUT2D eigenvalue weighted by Crippen LogP contribution is -1.94. The highest BCUT2D eigenvalue weighted by Gasteiger charge is 2.02. The Labute approximate surface area is 67.7 Å². The lowest BCUT2D eigenvalue weighted by Gasteiger charge is -2.07. The fraction of sp³-hybridized carbons (Fsp3) is 0.400. The van der Waals surface area contributed by atoms with Gasteiger partial charge in [-0.3, -0.25) is 0 Å². The smallest absolute Gasteiger partial charge is 0.0787 e. The number of aliphatic hydroxyl groups excluding tert-OH is 1. The molecule has 1 rings (SSSR count). The highest BCUT2D eigenvalue weighted by molar-refractivity contribution is 5.23. The first kappa shape index (κ1) is 8.28. The maximum absolute atomic E-state index is 9.45. The minimum Gasteiger partial charge on any atom is -0.388 e. The van der Waals surface area contributed by atoms with Crippen LogP contribution in [0, 0.1) is 6.92 Å². The van der Waals surface area contributed by atoms with Gasteiger partial charge in [-0.05, 0) is 18.9 Å². The second-order valence-corrected chi connectivity index (χ2v) is 2.84. The number of aliphatic hydroxyl groups is 1. The minimum absolute atomic E-state index is 0.296. The van der Waals surface area contributed by atoms with Crippen molar-refractivity contribution in [1.82, 2.24) is 0 Å². The molecule has 0 aliphatic heterocycles. The van der Waals surface area contributed by atoms with Gasteiger partial charge in [-0.1, -0.05) is 36.8 Å². The zero-order chi connectivity index (χ0) is 8.27. The maximum Gasteiger partial charge on any atom is 0.0787 e. The average molecular weight is 150 g/mol. The molecule has 0 amide bonds. The third-order valence-electron chi connectivity index (χ3n) is 1.81. The average Bonchev–Trinajstić information content (AvgIpc) is 2.03. The second-order valence-electron chi connectivity index (χ2n) is 2.84. The van der Waals surface area contributed by atoms with Crippen LogP contribution in [0.2, 0.25) is 0 Å². The van der Waals surface area contributed by atoms with Crippen LogP contribution in [-0.4, -0.2) is 5.11 Å². The van der Waals surface area contributed by atoms with Crippen LogP contribution in [0.1, 0.15) is 30.6 Å². The molecule has 1 N–H and O–H groups in total. The Balaban J connectivity index is 2.86. The van der Waals surface area contributed by atoms with E-state index in [-0.39, 0.29) is 6.10 Å². The first-order valence-electron chi connectivity index (χ1n) is 3.98. The van der Waals surface area contributed by atoms with E-state index in [2.05, 4.69) is 0 Å². The maximum atomic E-state index is 9.45. The van der Waals surface area contributed by atoms with Crippen LogP contribution in [0.3, 0.4) is 0 Å². The molecule has 1 heteroatoms. The van der Waals surface area contributed by atoms with Gasteiger partial charge < -0.3 is 5.11 Å². The zero-order valence-corrected chi connectivity index (χ0v) is 7.04. The second kappa shape index (κ2) is 3.54. The van der Waals surface area contributed by atoms with Gasteiger partial charge in [0.25, 0.3) is 0 Å². The van der Waals surface area contributed by atoms with Crippen molar-refractivity contribution in [3.05, 3.63) is 35.4 Å². The molecule has 0 fully saturated rings. The number of benzene rings is 1. The molecule has 1 aromatic carbocycles. The summed E-state index contributed by atoms with van der Waals surface area (Å²) in [7, 11) is 0. The van der Waals surface area contributed by atoms with Gasteiger partial charge in [0, 0.05) is 0 Å². The van der Waals surface area contributed by atoms with Crippen LogP contribution in [-0.2, 0) is 0 Å². The first-order valence-corrected chi connectivity index (χ1v) is 3.98. The molecular formula is C10H14O. The molecule has 11 heavy (non-hydrogen) atoms. The van der Waals surface area contributed by atoms with Gasteiger partial charge in [0.15, 0.2) is 0 Å². The fourth-order valence-corrected chi connectivity index (χ4v) is 1.11. The Morgan fingerprint density at radius 1 is 1.45 bits per heavy atom. The van der Waals surface area contributed by atoms with Crippen LogP contribution in [0.4, 0.5) is 0 Å². The van der Waals surface area contributed by atoms with E-state index >= 15 is 0 Å². The van der Waals surface area contributed by atoms with Gasteiger partial charge in [0.05, 0.1) is 6.10 Å². The highest BCUT2D eigenvalue weighted by atomic mass is 16.3. The predicted molar refractivity (Wildman–Crippen MR) is 46.4 cm³/mol. The Morgan fingerprint density at radius 3 is 2.73 bits per heavy atom. The van der Waals surface area contributed by atoms with E-state index in [0.29, 0.717) is 0 Å². The van der Waals surface area contributed by atoms with Crippen LogP contribution in [0.25, 0.3) is 0 Å². The van der Waals surface area contributed by atoms with Crippen molar-refractivity contribution in [3.63, 3.8) is 0 Å². The monoisotopic (exact) mass is 150 g/mol. The molecule has 0 aromatic heterocycles. The summed E-state index contributed by atoms with van der Waals surface area (Å²) in [6.45, 7) is 4.01. The molecule has 1 nitrogen and oxygen atoms in total. The van der Waals surface area contributed by atoms with Crippen molar-refractivity contribution >= 4 is 0 Å². The number of aryl methyl sites for hydroxylation is 1. The molecule has 1 atom stereocenters. The van der Waals surface area contributed by atoms with Gasteiger partial charge in [-0.25, -0.2) is 0 Å². The molecular weight excluding hydrogens is 136 g/mol. The fourth-order valence-electron chi connectivity index (χ4n) is 1.11. The SMILES string of the molecule is CC[C@@H](O)c1cccc(C)c1. The first-order chi connectivity index (χ1) is 5.24. The van der Waals surface area contributed by atoms with E-state index in [0.717, 1.165) is 12.0 Å². The molecule has 0 aliphatic carbocycles. The quantitative estimate of drug-likeness (QED) is 0.686. The van der Waals surface area contributed by atoms with Gasteiger partial charge in [-0.15, -0.1) is 0 Å². The zero-order valence-electron chi connectivity index (χ0n) is 7.04. The van der Waals surface area contributed by atoms with Crippen LogP contribution >= 0.6 is 0 Å². The van der Waals surface area contributed by atoms with Gasteiger partial charge in [0.1, 0.15) is 0 Å². The Morgan fingerprint density at radius 2 is 2.18 bits per heavy atom. The standard InChI is InChI=1S/C10H14O/c1-3-10(11)9-6-4-5-8(2)7-9/h4-7,10-11H,3H2,1-2H3/t10-/m1/s1. The van der Waals surface area contributed by atoms with Gasteiger partial charge in [-0.2, -0.15) is 0 Å². The van der Waals surface area contributed by atoms with Crippen LogP contribution in [0.5, 0.6) is 0 Å². The van der Waals surface area contributed by atoms with Gasteiger partial charge >= 0.3 is 0 Å². The Kier molecular flexibility index (Phi) is 2.66. The molecule has 0 heterocycles. The van der Waals surface area contributed by atoms with Crippen molar-refractivity contribution in [2.45, 2.75) is 26.4 Å². The van der Waals surface area contributed by atoms with Crippen molar-refractivity contribution in [2.24, 2.45) is 0 Å². The molecule has 0 unspecified atom stereocenters. The van der Waals surface area contributed by atoms with Crippen molar-refractivity contribution in [3.8, 4) is 0 Å². The molecule has 60 valence electrons. The normalized spacial score (nSPS) is 13.0. The third kappa shape index (κ3) is 2.05. The summed E-state index contributed by atoms with van der Waals surface area (Å²) in [5, 5.41) is 9.45. The summed E-state index contributed by atoms with van der Waals surface area (Å²) in [6, 6.07) is 7.99. The van der Waals surface area contributed by atoms with Crippen molar-refractivity contribution < 1.29 is 5.11 Å². The summed E-state index contributed by atoms with van der Waals surface area (Å²) in [5.41, 5.74) is 2.22. The molecule has 1 aromatic rings. The van der Waals surface area contributed by atoms with Crippen LogP contribution in [0.15, 0.2) is 24.3 Å². The lowest BCUT2D eigenvalue weighted by molar-refractivity contribution is 0.173. The predicted octanol–water partition coefficient (Wildman–Crippen LogP) is 2.44. The highest BCUT2D eigenvalue weighted by Crippen LogP contribution is 2.16. The summed E-state index contributed by atoms with van der Waals surface area (Å²) in [4.78, 5) is 0. The van der Waals surface area contributed by atoms with E-state index in [1.165, 1.54) is 5.56 Å². The molecule has 0 bridgehead atoms. The largest absolute Gasteiger partial charge is 0.388 e. The summed E-state index contributed by atoms with van der Waals surface area (Å²) in [5.74, 6) is 0. The van der Waals surface area contributed by atoms with Crippen molar-refractivity contribution in [2.75, 3.05) is 0 Å². The van der Waals surface area contributed by atoms with Crippen LogP contribution < -0.4 is 0 Å². The molecule has 0 saturated carbocycles. The molecule has 0 spiro atoms. The van der Waals surface area contributed by atoms with E-state index in [1.54, 1.807) is 0 Å². The van der Waals surface area contributed by atoms with Gasteiger partial charge in [0.2, 0.25) is 0 Å². The van der Waals surface area contributed by atoms with Crippen molar-refractivity contribution in [1.29, 1.82) is 0 Å². The number of hydrogen-bond donors (Lipinski definition) is 1. The number of rotatable bonds is 2. The minimum atomic E-state index is -0.296. The topological polar surface area (TPSA) is 20.2 Å². The molecule has 0 saturated heterocycles. The summed E-state index contributed by atoms with van der Waals surface area (Å²) >= 11 is 0. The summed E-state index contributed by atoms with van der Waals surface area (Å²) < 4.78 is 0. The number of hydrogen-bond acceptors (Lipinski definition) is 1. The lowest BCUT2D eigenvalue weighted by atomic mass is 10.1. The van der Waals surface area contributed by atoms with E-state index in [4.69, 9.17) is 0 Å². The Bertz CT molecular complexity index is 230. The Hall–Kier alpha value is -0.820. The van der Waals surface area contributed by atoms with E-state index in [1.807, 2.05) is 38.1 Å².